The Bertz CT molecular complexity index is 885. The van der Waals surface area contributed by atoms with Crippen LogP contribution in [0.15, 0.2) is 36.8 Å². The van der Waals surface area contributed by atoms with Crippen LogP contribution >= 0.6 is 22.6 Å². The van der Waals surface area contributed by atoms with E-state index in [1.807, 2.05) is 23.7 Å². The Hall–Kier alpha value is -2.23. The monoisotopic (exact) mass is 450 g/mol. The van der Waals surface area contributed by atoms with E-state index in [2.05, 4.69) is 62.1 Å². The van der Waals surface area contributed by atoms with Gasteiger partial charge in [-0.15, -0.1) is 5.10 Å². The SMILES string of the molecule is Cc1ccccc1Cn1cnc(NC(=O)CCn2ncc(I)c2C)n1. The molecule has 25 heavy (non-hydrogen) atoms. The molecule has 8 heteroatoms. The molecule has 0 atom stereocenters. The molecule has 0 aliphatic carbocycles. The number of hydrogen-bond acceptors (Lipinski definition) is 4. The third-order valence-corrected chi connectivity index (χ3v) is 5.03. The van der Waals surface area contributed by atoms with Crippen molar-refractivity contribution in [1.82, 2.24) is 24.5 Å². The van der Waals surface area contributed by atoms with Crippen LogP contribution in [-0.4, -0.2) is 30.5 Å². The van der Waals surface area contributed by atoms with E-state index >= 15 is 0 Å². The number of carbonyl (C=O) groups is 1. The summed E-state index contributed by atoms with van der Waals surface area (Å²) in [5.41, 5.74) is 3.44. The smallest absolute Gasteiger partial charge is 0.248 e. The van der Waals surface area contributed by atoms with Gasteiger partial charge in [-0.3, -0.25) is 14.8 Å². The normalized spacial score (nSPS) is 10.8. The van der Waals surface area contributed by atoms with Gasteiger partial charge in [-0.25, -0.2) is 9.67 Å². The topological polar surface area (TPSA) is 77.6 Å². The van der Waals surface area contributed by atoms with Crippen molar-refractivity contribution in [2.45, 2.75) is 33.4 Å². The largest absolute Gasteiger partial charge is 0.293 e. The molecule has 2 aromatic heterocycles. The fourth-order valence-corrected chi connectivity index (χ4v) is 2.84. The van der Waals surface area contributed by atoms with Gasteiger partial charge in [0.1, 0.15) is 6.33 Å². The van der Waals surface area contributed by atoms with Gasteiger partial charge >= 0.3 is 0 Å². The second-order valence-electron chi connectivity index (χ2n) is 5.79. The van der Waals surface area contributed by atoms with Gasteiger partial charge in [0.2, 0.25) is 11.9 Å². The summed E-state index contributed by atoms with van der Waals surface area (Å²) < 4.78 is 4.64. The van der Waals surface area contributed by atoms with Crippen molar-refractivity contribution in [3.8, 4) is 0 Å². The lowest BCUT2D eigenvalue weighted by molar-refractivity contribution is -0.116. The third kappa shape index (κ3) is 4.44. The van der Waals surface area contributed by atoms with Gasteiger partial charge in [-0.05, 0) is 47.6 Å². The van der Waals surface area contributed by atoms with Gasteiger partial charge in [-0.1, -0.05) is 24.3 Å². The Kier molecular flexibility index (Phi) is 5.47. The molecule has 1 amide bonds. The third-order valence-electron chi connectivity index (χ3n) is 3.98. The zero-order valence-corrected chi connectivity index (χ0v) is 16.3. The van der Waals surface area contributed by atoms with Crippen LogP contribution < -0.4 is 5.32 Å². The number of amides is 1. The molecule has 3 aromatic rings. The summed E-state index contributed by atoms with van der Waals surface area (Å²) in [7, 11) is 0. The molecule has 0 bridgehead atoms. The first-order chi connectivity index (χ1) is 12.0. The molecule has 0 aliphatic rings. The molecule has 1 aromatic carbocycles. The van der Waals surface area contributed by atoms with E-state index < -0.39 is 0 Å². The fourth-order valence-electron chi connectivity index (χ4n) is 2.43. The highest BCUT2D eigenvalue weighted by atomic mass is 127. The van der Waals surface area contributed by atoms with Crippen LogP contribution in [0.5, 0.6) is 0 Å². The van der Waals surface area contributed by atoms with Gasteiger partial charge in [0.15, 0.2) is 0 Å². The lowest BCUT2D eigenvalue weighted by Crippen LogP contribution is -2.16. The lowest BCUT2D eigenvalue weighted by atomic mass is 10.1. The zero-order chi connectivity index (χ0) is 17.8. The molecule has 0 saturated heterocycles. The minimum Gasteiger partial charge on any atom is -0.293 e. The summed E-state index contributed by atoms with van der Waals surface area (Å²) in [4.78, 5) is 16.2. The van der Waals surface area contributed by atoms with Gasteiger partial charge in [0.25, 0.3) is 0 Å². The molecular formula is C17H19IN6O. The van der Waals surface area contributed by atoms with E-state index in [1.165, 1.54) is 11.1 Å². The number of benzene rings is 1. The van der Waals surface area contributed by atoms with Crippen molar-refractivity contribution < 1.29 is 4.79 Å². The zero-order valence-electron chi connectivity index (χ0n) is 14.1. The average molecular weight is 450 g/mol. The highest BCUT2D eigenvalue weighted by Crippen LogP contribution is 2.11. The van der Waals surface area contributed by atoms with E-state index in [0.29, 0.717) is 25.5 Å². The van der Waals surface area contributed by atoms with Crippen molar-refractivity contribution in [1.29, 1.82) is 0 Å². The van der Waals surface area contributed by atoms with Crippen molar-refractivity contribution >= 4 is 34.4 Å². The number of nitrogens with one attached hydrogen (secondary N) is 1. The van der Waals surface area contributed by atoms with Crippen molar-refractivity contribution in [3.05, 3.63) is 57.2 Å². The minimum atomic E-state index is -0.126. The Labute approximate surface area is 159 Å². The molecule has 0 radical (unpaired) electrons. The average Bonchev–Trinajstić information content (AvgIpc) is 3.15. The van der Waals surface area contributed by atoms with E-state index in [1.54, 1.807) is 17.2 Å². The molecular weight excluding hydrogens is 431 g/mol. The van der Waals surface area contributed by atoms with Gasteiger partial charge in [-0.2, -0.15) is 5.10 Å². The molecule has 0 saturated carbocycles. The quantitative estimate of drug-likeness (QED) is 0.586. The number of carbonyl (C=O) groups excluding carboxylic acids is 1. The molecule has 0 aliphatic heterocycles. The predicted molar refractivity (Wildman–Crippen MR) is 103 cm³/mol. The first-order valence-electron chi connectivity index (χ1n) is 7.94. The first-order valence-corrected chi connectivity index (χ1v) is 9.02. The van der Waals surface area contributed by atoms with Gasteiger partial charge in [0, 0.05) is 12.1 Å². The predicted octanol–water partition coefficient (Wildman–Crippen LogP) is 2.77. The van der Waals surface area contributed by atoms with Crippen LogP contribution in [0.3, 0.4) is 0 Å². The summed E-state index contributed by atoms with van der Waals surface area (Å²) in [6.07, 6.45) is 3.75. The Morgan fingerprint density at radius 2 is 2.08 bits per heavy atom. The Balaban J connectivity index is 1.55. The van der Waals surface area contributed by atoms with Crippen molar-refractivity contribution in [2.75, 3.05) is 5.32 Å². The standard InChI is InChI=1S/C17H19IN6O/c1-12-5-3-4-6-14(12)10-23-11-19-17(22-23)21-16(25)7-8-24-13(2)15(18)9-20-24/h3-6,9,11H,7-8,10H2,1-2H3,(H,21,22,25). The first kappa shape index (κ1) is 17.6. The van der Waals surface area contributed by atoms with Crippen molar-refractivity contribution in [2.24, 2.45) is 0 Å². The molecule has 2 heterocycles. The molecule has 0 spiro atoms. The van der Waals surface area contributed by atoms with E-state index in [-0.39, 0.29) is 5.91 Å². The van der Waals surface area contributed by atoms with Crippen LogP contribution in [0.25, 0.3) is 0 Å². The Morgan fingerprint density at radius 3 is 2.80 bits per heavy atom. The molecule has 7 nitrogen and oxygen atoms in total. The fraction of sp³-hybridized carbons (Fsp3) is 0.294. The molecule has 130 valence electrons. The van der Waals surface area contributed by atoms with E-state index in [4.69, 9.17) is 0 Å². The summed E-state index contributed by atoms with van der Waals surface area (Å²) in [6, 6.07) is 8.13. The number of hydrogen-bond donors (Lipinski definition) is 1. The highest BCUT2D eigenvalue weighted by Gasteiger charge is 2.09. The van der Waals surface area contributed by atoms with Crippen LogP contribution in [0.4, 0.5) is 5.95 Å². The molecule has 1 N–H and O–H groups in total. The summed E-state index contributed by atoms with van der Waals surface area (Å²) in [5, 5.41) is 11.3. The van der Waals surface area contributed by atoms with Crippen LogP contribution in [0.2, 0.25) is 0 Å². The lowest BCUT2D eigenvalue weighted by Gasteiger charge is -2.05. The maximum atomic E-state index is 12.1. The van der Waals surface area contributed by atoms with Crippen LogP contribution in [0.1, 0.15) is 23.2 Å². The summed E-state index contributed by atoms with van der Waals surface area (Å²) in [5.74, 6) is 0.198. The molecule has 0 fully saturated rings. The maximum absolute atomic E-state index is 12.1. The maximum Gasteiger partial charge on any atom is 0.248 e. The summed E-state index contributed by atoms with van der Waals surface area (Å²) in [6.45, 7) is 5.21. The summed E-state index contributed by atoms with van der Waals surface area (Å²) >= 11 is 2.23. The number of nitrogens with zero attached hydrogens (tertiary/aromatic N) is 5. The highest BCUT2D eigenvalue weighted by molar-refractivity contribution is 14.1. The number of aryl methyl sites for hydroxylation is 2. The Morgan fingerprint density at radius 1 is 1.28 bits per heavy atom. The van der Waals surface area contributed by atoms with E-state index in [0.717, 1.165) is 9.26 Å². The van der Waals surface area contributed by atoms with Crippen LogP contribution in [0, 0.1) is 17.4 Å². The second-order valence-corrected chi connectivity index (χ2v) is 6.95. The van der Waals surface area contributed by atoms with Gasteiger partial charge < -0.3 is 0 Å². The minimum absolute atomic E-state index is 0.126. The number of anilines is 1. The number of rotatable bonds is 6. The number of halogens is 1. The van der Waals surface area contributed by atoms with Crippen molar-refractivity contribution in [3.63, 3.8) is 0 Å². The molecule has 3 rings (SSSR count). The van der Waals surface area contributed by atoms with Gasteiger partial charge in [0.05, 0.1) is 22.9 Å². The molecule has 0 unspecified atom stereocenters. The van der Waals surface area contributed by atoms with E-state index in [9.17, 15) is 4.79 Å². The second kappa shape index (κ2) is 7.77. The van der Waals surface area contributed by atoms with Crippen LogP contribution in [-0.2, 0) is 17.9 Å². The number of aromatic nitrogens is 5.